The van der Waals surface area contributed by atoms with Crippen LogP contribution >= 0.6 is 0 Å². The lowest BCUT2D eigenvalue weighted by Gasteiger charge is -2.09. The summed E-state index contributed by atoms with van der Waals surface area (Å²) >= 11 is 0. The first-order chi connectivity index (χ1) is 9.44. The summed E-state index contributed by atoms with van der Waals surface area (Å²) < 4.78 is 39.5. The third kappa shape index (κ3) is 2.67. The zero-order valence-electron chi connectivity index (χ0n) is 10.0. The molecule has 0 bridgehead atoms. The summed E-state index contributed by atoms with van der Waals surface area (Å²) in [6, 6.07) is 7.52. The predicted octanol–water partition coefficient (Wildman–Crippen LogP) is 1.48. The first-order valence-corrected chi connectivity index (χ1v) is 6.85. The fraction of sp³-hybridized carbons (Fsp3) is 0. The molecule has 0 fully saturated rings. The van der Waals surface area contributed by atoms with E-state index < -0.39 is 15.8 Å². The molecule has 6 nitrogen and oxygen atoms in total. The normalized spacial score (nSPS) is 10.8. The van der Waals surface area contributed by atoms with Gasteiger partial charge in [0.05, 0.1) is 16.1 Å². The lowest BCUT2D eigenvalue weighted by molar-refractivity contribution is 0.599. The topological polar surface area (TPSA) is 109 Å². The number of sulfonamides is 1. The third-order valence-corrected chi connectivity index (χ3v) is 3.78. The molecule has 0 amide bonds. The van der Waals surface area contributed by atoms with Gasteiger partial charge in [-0.2, -0.15) is 5.26 Å². The number of halogens is 1. The number of nitrogen functional groups attached to an aromatic ring is 1. The smallest absolute Gasteiger partial charge is 0.263 e. The average molecular weight is 292 g/mol. The van der Waals surface area contributed by atoms with Crippen LogP contribution in [0.2, 0.25) is 0 Å². The molecule has 1 aromatic heterocycles. The van der Waals surface area contributed by atoms with Gasteiger partial charge < -0.3 is 5.73 Å². The molecule has 2 rings (SSSR count). The standard InChI is InChI=1S/C12H9FN4O2S/c13-10-4-3-9(6-8(10)7-14)20(18,19)17-12-11(15)2-1-5-16-12/h1-6H,15H2,(H,16,17). The van der Waals surface area contributed by atoms with Crippen molar-refractivity contribution in [2.75, 3.05) is 10.5 Å². The number of nitriles is 1. The molecule has 102 valence electrons. The lowest BCUT2D eigenvalue weighted by Crippen LogP contribution is -2.15. The Morgan fingerprint density at radius 2 is 2.10 bits per heavy atom. The largest absolute Gasteiger partial charge is 0.396 e. The van der Waals surface area contributed by atoms with Gasteiger partial charge in [0, 0.05) is 6.20 Å². The van der Waals surface area contributed by atoms with Crippen LogP contribution in [-0.4, -0.2) is 13.4 Å². The minimum atomic E-state index is -4.00. The fourth-order valence-electron chi connectivity index (χ4n) is 1.45. The maximum Gasteiger partial charge on any atom is 0.263 e. The van der Waals surface area contributed by atoms with Gasteiger partial charge in [0.25, 0.3) is 10.0 Å². The Kier molecular flexibility index (Phi) is 3.54. The number of benzene rings is 1. The summed E-state index contributed by atoms with van der Waals surface area (Å²) in [5, 5.41) is 8.70. The Hall–Kier alpha value is -2.66. The van der Waals surface area contributed by atoms with Crippen molar-refractivity contribution in [3.05, 3.63) is 47.9 Å². The van der Waals surface area contributed by atoms with Gasteiger partial charge in [0.1, 0.15) is 11.9 Å². The van der Waals surface area contributed by atoms with Crippen LogP contribution in [-0.2, 0) is 10.0 Å². The van der Waals surface area contributed by atoms with E-state index in [4.69, 9.17) is 11.0 Å². The van der Waals surface area contributed by atoms with Gasteiger partial charge in [-0.05, 0) is 30.3 Å². The molecule has 0 unspecified atom stereocenters. The Morgan fingerprint density at radius 3 is 2.75 bits per heavy atom. The second kappa shape index (κ2) is 5.14. The monoisotopic (exact) mass is 292 g/mol. The molecule has 0 aliphatic carbocycles. The van der Waals surface area contributed by atoms with Crippen molar-refractivity contribution in [2.24, 2.45) is 0 Å². The number of hydrogen-bond donors (Lipinski definition) is 2. The van der Waals surface area contributed by atoms with E-state index in [1.165, 1.54) is 12.3 Å². The molecule has 0 atom stereocenters. The summed E-state index contributed by atoms with van der Waals surface area (Å²) in [5.41, 5.74) is 5.38. The van der Waals surface area contributed by atoms with Gasteiger partial charge in [-0.1, -0.05) is 0 Å². The highest BCUT2D eigenvalue weighted by Gasteiger charge is 2.18. The molecule has 0 aliphatic heterocycles. The quantitative estimate of drug-likeness (QED) is 0.890. The first kappa shape index (κ1) is 13.8. The molecular weight excluding hydrogens is 283 g/mol. The number of anilines is 2. The van der Waals surface area contributed by atoms with Gasteiger partial charge in [0.15, 0.2) is 5.82 Å². The van der Waals surface area contributed by atoms with Crippen molar-refractivity contribution in [3.8, 4) is 6.07 Å². The third-order valence-electron chi connectivity index (χ3n) is 2.44. The maximum absolute atomic E-state index is 13.2. The van der Waals surface area contributed by atoms with Gasteiger partial charge in [-0.15, -0.1) is 0 Å². The Morgan fingerprint density at radius 1 is 1.35 bits per heavy atom. The molecule has 0 saturated heterocycles. The molecule has 8 heteroatoms. The lowest BCUT2D eigenvalue weighted by atomic mass is 10.2. The molecular formula is C12H9FN4O2S. The van der Waals surface area contributed by atoms with Crippen molar-refractivity contribution >= 4 is 21.5 Å². The van der Waals surface area contributed by atoms with Crippen LogP contribution in [0.4, 0.5) is 15.9 Å². The highest BCUT2D eigenvalue weighted by molar-refractivity contribution is 7.92. The zero-order valence-corrected chi connectivity index (χ0v) is 10.9. The Balaban J connectivity index is 2.42. The highest BCUT2D eigenvalue weighted by Crippen LogP contribution is 2.20. The van der Waals surface area contributed by atoms with Gasteiger partial charge in [0.2, 0.25) is 0 Å². The van der Waals surface area contributed by atoms with E-state index in [0.29, 0.717) is 0 Å². The van der Waals surface area contributed by atoms with Crippen LogP contribution in [0.5, 0.6) is 0 Å². The van der Waals surface area contributed by atoms with Crippen molar-refractivity contribution in [1.29, 1.82) is 5.26 Å². The van der Waals surface area contributed by atoms with Crippen LogP contribution < -0.4 is 10.5 Å². The summed E-state index contributed by atoms with van der Waals surface area (Å²) in [5.74, 6) is -0.820. The Labute approximate surface area is 114 Å². The van der Waals surface area contributed by atoms with Crippen molar-refractivity contribution in [2.45, 2.75) is 4.90 Å². The van der Waals surface area contributed by atoms with Crippen LogP contribution in [0.1, 0.15) is 5.56 Å². The molecule has 1 heterocycles. The summed E-state index contributed by atoms with van der Waals surface area (Å²) in [7, 11) is -4.00. The fourth-order valence-corrected chi connectivity index (χ4v) is 2.51. The number of nitrogens with one attached hydrogen (secondary N) is 1. The summed E-state index contributed by atoms with van der Waals surface area (Å²) in [6.07, 6.45) is 1.37. The molecule has 0 radical (unpaired) electrons. The second-order valence-corrected chi connectivity index (χ2v) is 5.48. The van der Waals surface area contributed by atoms with Gasteiger partial charge in [-0.3, -0.25) is 4.72 Å². The molecule has 0 saturated carbocycles. The summed E-state index contributed by atoms with van der Waals surface area (Å²) in [6.45, 7) is 0. The molecule has 2 aromatic rings. The second-order valence-electron chi connectivity index (χ2n) is 3.80. The molecule has 20 heavy (non-hydrogen) atoms. The van der Waals surface area contributed by atoms with E-state index in [1.807, 2.05) is 0 Å². The van der Waals surface area contributed by atoms with Gasteiger partial charge >= 0.3 is 0 Å². The van der Waals surface area contributed by atoms with Crippen LogP contribution in [0.25, 0.3) is 0 Å². The van der Waals surface area contributed by atoms with E-state index in [2.05, 4.69) is 9.71 Å². The highest BCUT2D eigenvalue weighted by atomic mass is 32.2. The SMILES string of the molecule is N#Cc1cc(S(=O)(=O)Nc2ncccc2N)ccc1F. The number of aromatic nitrogens is 1. The summed E-state index contributed by atoms with van der Waals surface area (Å²) in [4.78, 5) is 3.55. The van der Waals surface area contributed by atoms with E-state index >= 15 is 0 Å². The number of nitrogens with two attached hydrogens (primary N) is 1. The predicted molar refractivity (Wildman–Crippen MR) is 70.6 cm³/mol. The van der Waals surface area contributed by atoms with Crippen molar-refractivity contribution < 1.29 is 12.8 Å². The molecule has 3 N–H and O–H groups in total. The number of hydrogen-bond acceptors (Lipinski definition) is 5. The molecule has 0 spiro atoms. The number of rotatable bonds is 3. The zero-order chi connectivity index (χ0) is 14.8. The van der Waals surface area contributed by atoms with E-state index in [-0.39, 0.29) is 22.0 Å². The Bertz CT molecular complexity index is 799. The maximum atomic E-state index is 13.2. The van der Waals surface area contributed by atoms with Crippen molar-refractivity contribution in [3.63, 3.8) is 0 Å². The van der Waals surface area contributed by atoms with Crippen molar-refractivity contribution in [1.82, 2.24) is 4.98 Å². The molecule has 0 aliphatic rings. The van der Waals surface area contributed by atoms with Crippen LogP contribution in [0.15, 0.2) is 41.4 Å². The number of nitrogens with zero attached hydrogens (tertiary/aromatic N) is 2. The number of pyridine rings is 1. The first-order valence-electron chi connectivity index (χ1n) is 5.37. The minimum Gasteiger partial charge on any atom is -0.396 e. The van der Waals surface area contributed by atoms with E-state index in [1.54, 1.807) is 12.1 Å². The van der Waals surface area contributed by atoms with Crippen LogP contribution in [0.3, 0.4) is 0 Å². The minimum absolute atomic E-state index is 0.0321. The van der Waals surface area contributed by atoms with E-state index in [9.17, 15) is 12.8 Å². The average Bonchev–Trinajstić information content (AvgIpc) is 2.41. The van der Waals surface area contributed by atoms with E-state index in [0.717, 1.165) is 18.2 Å². The molecule has 1 aromatic carbocycles. The van der Waals surface area contributed by atoms with Crippen LogP contribution in [0, 0.1) is 17.1 Å². The van der Waals surface area contributed by atoms with Gasteiger partial charge in [-0.25, -0.2) is 17.8 Å².